The molecule has 18 heavy (non-hydrogen) atoms. The van der Waals surface area contributed by atoms with Crippen molar-refractivity contribution in [3.8, 4) is 11.5 Å². The Balaban J connectivity index is 2.73. The molecule has 4 nitrogen and oxygen atoms in total. The summed E-state index contributed by atoms with van der Waals surface area (Å²) < 4.78 is 10.7. The Morgan fingerprint density at radius 3 is 2.39 bits per heavy atom. The summed E-state index contributed by atoms with van der Waals surface area (Å²) in [5, 5.41) is 10.3. The molecule has 0 fully saturated rings. The van der Waals surface area contributed by atoms with E-state index in [0.29, 0.717) is 6.42 Å². The number of carboxylic acids is 1. The third kappa shape index (κ3) is 3.65. The van der Waals surface area contributed by atoms with Crippen LogP contribution in [0.2, 0.25) is 0 Å². The lowest BCUT2D eigenvalue weighted by molar-refractivity contribution is -0.305. The van der Waals surface area contributed by atoms with Crippen molar-refractivity contribution in [2.24, 2.45) is 0 Å². The number of carbonyl (C=O) groups excluding carboxylic acids is 1. The van der Waals surface area contributed by atoms with Crippen molar-refractivity contribution < 1.29 is 19.4 Å². The number of ether oxygens (including phenoxy) is 2. The van der Waals surface area contributed by atoms with Gasteiger partial charge in [0.25, 0.3) is 0 Å². The van der Waals surface area contributed by atoms with Gasteiger partial charge in [0, 0.05) is 5.97 Å². The van der Waals surface area contributed by atoms with Crippen LogP contribution in [-0.4, -0.2) is 20.2 Å². The molecule has 0 bridgehead atoms. The summed E-state index contributed by atoms with van der Waals surface area (Å²) in [7, 11) is 3.23. The van der Waals surface area contributed by atoms with Gasteiger partial charge in [-0.3, -0.25) is 0 Å². The van der Waals surface area contributed by atoms with Crippen LogP contribution >= 0.6 is 0 Å². The van der Waals surface area contributed by atoms with E-state index in [1.165, 1.54) is 0 Å². The molecular formula is C14H19O4-. The molecule has 0 N–H and O–H groups in total. The molecule has 0 atom stereocenters. The van der Waals surface area contributed by atoms with E-state index in [9.17, 15) is 9.90 Å². The van der Waals surface area contributed by atoms with Gasteiger partial charge in [-0.1, -0.05) is 12.1 Å². The summed E-state index contributed by atoms with van der Waals surface area (Å²) >= 11 is 0. The average Bonchev–Trinajstić information content (AvgIpc) is 2.35. The molecule has 0 radical (unpaired) electrons. The van der Waals surface area contributed by atoms with Crippen LogP contribution in [0.25, 0.3) is 0 Å². The lowest BCUT2D eigenvalue weighted by atomic mass is 10.0. The first-order chi connectivity index (χ1) is 8.60. The zero-order chi connectivity index (χ0) is 13.5. The molecule has 100 valence electrons. The van der Waals surface area contributed by atoms with Gasteiger partial charge in [-0.2, -0.15) is 0 Å². The number of aliphatic carboxylic acids is 1. The normalized spacial score (nSPS) is 10.2. The zero-order valence-corrected chi connectivity index (χ0v) is 11.1. The lowest BCUT2D eigenvalue weighted by Gasteiger charge is -2.14. The molecule has 0 spiro atoms. The highest BCUT2D eigenvalue weighted by Crippen LogP contribution is 2.35. The van der Waals surface area contributed by atoms with Crippen LogP contribution in [0.4, 0.5) is 0 Å². The van der Waals surface area contributed by atoms with Gasteiger partial charge in [-0.15, -0.1) is 0 Å². The highest BCUT2D eigenvalue weighted by molar-refractivity contribution is 5.64. The smallest absolute Gasteiger partial charge is 0.164 e. The second kappa shape index (κ2) is 6.89. The maximum atomic E-state index is 10.3. The van der Waals surface area contributed by atoms with Gasteiger partial charge in [0.05, 0.1) is 14.2 Å². The molecule has 0 aromatic heterocycles. The van der Waals surface area contributed by atoms with Gasteiger partial charge in [0.2, 0.25) is 0 Å². The molecule has 0 saturated carbocycles. The predicted molar refractivity (Wildman–Crippen MR) is 66.8 cm³/mol. The van der Waals surface area contributed by atoms with Crippen LogP contribution in [0.5, 0.6) is 11.5 Å². The fraction of sp³-hybridized carbons (Fsp3) is 0.500. The second-order valence-electron chi connectivity index (χ2n) is 4.19. The molecule has 1 rings (SSSR count). The van der Waals surface area contributed by atoms with Crippen molar-refractivity contribution in [3.05, 3.63) is 23.3 Å². The minimum absolute atomic E-state index is 0.102. The Morgan fingerprint density at radius 2 is 1.83 bits per heavy atom. The summed E-state index contributed by atoms with van der Waals surface area (Å²) in [6.07, 6.45) is 2.27. The maximum absolute atomic E-state index is 10.3. The Kier molecular flexibility index (Phi) is 5.49. The van der Waals surface area contributed by atoms with Gasteiger partial charge < -0.3 is 19.4 Å². The van der Waals surface area contributed by atoms with Gasteiger partial charge in [-0.25, -0.2) is 0 Å². The summed E-state index contributed by atoms with van der Waals surface area (Å²) in [5.74, 6) is 0.490. The third-order valence-corrected chi connectivity index (χ3v) is 2.88. The van der Waals surface area contributed by atoms with Crippen LogP contribution < -0.4 is 14.6 Å². The fourth-order valence-corrected chi connectivity index (χ4v) is 1.96. The highest BCUT2D eigenvalue weighted by Gasteiger charge is 2.12. The Labute approximate surface area is 108 Å². The Morgan fingerprint density at radius 1 is 1.17 bits per heavy atom. The molecule has 0 heterocycles. The molecule has 4 heteroatoms. The van der Waals surface area contributed by atoms with Crippen LogP contribution in [0.3, 0.4) is 0 Å². The topological polar surface area (TPSA) is 58.6 Å². The quantitative estimate of drug-likeness (QED) is 0.689. The molecule has 1 aromatic carbocycles. The van der Waals surface area contributed by atoms with Gasteiger partial charge >= 0.3 is 0 Å². The van der Waals surface area contributed by atoms with E-state index in [-0.39, 0.29) is 6.42 Å². The molecule has 0 saturated heterocycles. The van der Waals surface area contributed by atoms with E-state index in [2.05, 4.69) is 0 Å². The zero-order valence-electron chi connectivity index (χ0n) is 11.1. The summed E-state index contributed by atoms with van der Waals surface area (Å²) in [6.45, 7) is 1.96. The first kappa shape index (κ1) is 14.4. The summed E-state index contributed by atoms with van der Waals surface area (Å²) in [4.78, 5) is 10.3. The largest absolute Gasteiger partial charge is 0.550 e. The van der Waals surface area contributed by atoms with Crippen molar-refractivity contribution >= 4 is 5.97 Å². The van der Waals surface area contributed by atoms with E-state index in [4.69, 9.17) is 9.47 Å². The van der Waals surface area contributed by atoms with Crippen molar-refractivity contribution in [2.45, 2.75) is 32.6 Å². The maximum Gasteiger partial charge on any atom is 0.164 e. The van der Waals surface area contributed by atoms with Crippen LogP contribution in [0, 0.1) is 6.92 Å². The Hall–Kier alpha value is -1.71. The van der Waals surface area contributed by atoms with E-state index < -0.39 is 5.97 Å². The SMILES string of the molecule is COc1c(C)ccc(CCCCC(=O)[O-])c1OC. The number of methoxy groups -OCH3 is 2. The van der Waals surface area contributed by atoms with E-state index in [0.717, 1.165) is 35.5 Å². The summed E-state index contributed by atoms with van der Waals surface area (Å²) in [6, 6.07) is 3.98. The number of rotatable bonds is 7. The number of benzene rings is 1. The number of unbranched alkanes of at least 4 members (excludes halogenated alkanes) is 1. The predicted octanol–water partition coefficient (Wildman–Crippen LogP) is 1.47. The highest BCUT2D eigenvalue weighted by atomic mass is 16.5. The number of carboxylic acid groups (broad SMARTS) is 1. The van der Waals surface area contributed by atoms with Crippen molar-refractivity contribution in [2.75, 3.05) is 14.2 Å². The minimum atomic E-state index is -0.997. The second-order valence-corrected chi connectivity index (χ2v) is 4.19. The van der Waals surface area contributed by atoms with Crippen molar-refractivity contribution in [3.63, 3.8) is 0 Å². The van der Waals surface area contributed by atoms with Crippen LogP contribution in [0.15, 0.2) is 12.1 Å². The molecule has 0 aliphatic heterocycles. The standard InChI is InChI=1S/C14H20O4/c1-10-8-9-11(6-4-5-7-12(15)16)14(18-3)13(10)17-2/h8-9H,4-7H2,1-3H3,(H,15,16)/p-1. The molecule has 0 unspecified atom stereocenters. The molecule has 1 aromatic rings. The van der Waals surface area contributed by atoms with Gasteiger partial charge in [-0.05, 0) is 43.7 Å². The van der Waals surface area contributed by atoms with E-state index >= 15 is 0 Å². The minimum Gasteiger partial charge on any atom is -0.550 e. The average molecular weight is 251 g/mol. The van der Waals surface area contributed by atoms with Crippen LogP contribution in [-0.2, 0) is 11.2 Å². The molecule has 0 aliphatic carbocycles. The monoisotopic (exact) mass is 251 g/mol. The van der Waals surface area contributed by atoms with Crippen LogP contribution in [0.1, 0.15) is 30.4 Å². The lowest BCUT2D eigenvalue weighted by Crippen LogP contribution is -2.21. The molecular weight excluding hydrogens is 232 g/mol. The number of carbonyl (C=O) groups is 1. The first-order valence-electron chi connectivity index (χ1n) is 6.00. The Bertz CT molecular complexity index is 413. The first-order valence-corrected chi connectivity index (χ1v) is 6.00. The van der Waals surface area contributed by atoms with Gasteiger partial charge in [0.1, 0.15) is 0 Å². The molecule has 0 aliphatic rings. The summed E-state index contributed by atoms with van der Waals surface area (Å²) in [5.41, 5.74) is 2.06. The van der Waals surface area contributed by atoms with Crippen molar-refractivity contribution in [1.82, 2.24) is 0 Å². The third-order valence-electron chi connectivity index (χ3n) is 2.88. The molecule has 0 amide bonds. The number of aryl methyl sites for hydroxylation is 2. The number of hydrogen-bond donors (Lipinski definition) is 0. The van der Waals surface area contributed by atoms with E-state index in [1.54, 1.807) is 14.2 Å². The van der Waals surface area contributed by atoms with Gasteiger partial charge in [0.15, 0.2) is 11.5 Å². The van der Waals surface area contributed by atoms with Crippen molar-refractivity contribution in [1.29, 1.82) is 0 Å². The van der Waals surface area contributed by atoms with E-state index in [1.807, 2.05) is 19.1 Å². The number of hydrogen-bond acceptors (Lipinski definition) is 4. The fourth-order valence-electron chi connectivity index (χ4n) is 1.96.